The van der Waals surface area contributed by atoms with Crippen molar-refractivity contribution in [3.8, 4) is 0 Å². The maximum Gasteiger partial charge on any atom is 0.337 e. The topological polar surface area (TPSA) is 78.9 Å². The molecule has 2 aliphatic carbocycles. The minimum Gasteiger partial charge on any atom is -0.466 e. The van der Waals surface area contributed by atoms with Crippen molar-refractivity contribution in [1.82, 2.24) is 0 Å². The maximum absolute atomic E-state index is 11.8. The van der Waals surface area contributed by atoms with Gasteiger partial charge in [-0.3, -0.25) is 14.2 Å². The minimum absolute atomic E-state index is 0.0206. The third-order valence-electron chi connectivity index (χ3n) is 5.19. The number of esters is 1. The first-order valence-corrected chi connectivity index (χ1v) is 11.6. The molecular weight excluding hydrogens is 355 g/mol. The predicted molar refractivity (Wildman–Crippen MR) is 101 cm³/mol. The van der Waals surface area contributed by atoms with Gasteiger partial charge in [0, 0.05) is 20.1 Å². The number of carbonyl (C=O) groups excluding carboxylic acids is 2. The van der Waals surface area contributed by atoms with E-state index in [0.717, 1.165) is 38.5 Å². The van der Waals surface area contributed by atoms with Crippen LogP contribution in [0.2, 0.25) is 0 Å². The van der Waals surface area contributed by atoms with Gasteiger partial charge in [-0.2, -0.15) is 0 Å². The molecule has 0 radical (unpaired) electrons. The highest BCUT2D eigenvalue weighted by Crippen LogP contribution is 2.47. The van der Waals surface area contributed by atoms with Crippen LogP contribution in [0.3, 0.4) is 0 Å². The van der Waals surface area contributed by atoms with E-state index in [9.17, 15) is 14.2 Å². The lowest BCUT2D eigenvalue weighted by Crippen LogP contribution is -2.21. The number of carbonyl (C=O) groups is 2. The molecule has 7 heteroatoms. The molecule has 0 aliphatic heterocycles. The standard InChI is InChI=1S/C10H19O4P.C9H16O2/c1-13-15(12,14-2)8-10(11)9-6-4-3-5-7-9;1-2-11-9(10)8-6-4-3-5-7-8/h9H,3-8H2,1-2H3;8H,2-7H2,1H3. The van der Waals surface area contributed by atoms with Gasteiger partial charge in [0.1, 0.15) is 11.9 Å². The summed E-state index contributed by atoms with van der Waals surface area (Å²) in [6.45, 7) is 2.38. The summed E-state index contributed by atoms with van der Waals surface area (Å²) in [4.78, 5) is 23.0. The second-order valence-corrected chi connectivity index (χ2v) is 9.29. The molecular formula is C19H35O6P. The summed E-state index contributed by atoms with van der Waals surface area (Å²) in [6, 6.07) is 0. The highest BCUT2D eigenvalue weighted by atomic mass is 31.2. The van der Waals surface area contributed by atoms with Crippen LogP contribution in [0.4, 0.5) is 0 Å². The lowest BCUT2D eigenvalue weighted by atomic mass is 9.87. The molecule has 0 aromatic carbocycles. The lowest BCUT2D eigenvalue weighted by Gasteiger charge is -2.21. The van der Waals surface area contributed by atoms with Crippen LogP contribution in [0.25, 0.3) is 0 Å². The fraction of sp³-hybridized carbons (Fsp3) is 0.895. The molecule has 0 aromatic heterocycles. The Morgan fingerprint density at radius 3 is 1.73 bits per heavy atom. The van der Waals surface area contributed by atoms with E-state index < -0.39 is 7.60 Å². The van der Waals surface area contributed by atoms with E-state index in [1.54, 1.807) is 0 Å². The van der Waals surface area contributed by atoms with Crippen molar-refractivity contribution >= 4 is 19.3 Å². The van der Waals surface area contributed by atoms with Crippen LogP contribution in [0.1, 0.15) is 71.1 Å². The van der Waals surface area contributed by atoms with Gasteiger partial charge in [-0.1, -0.05) is 38.5 Å². The largest absolute Gasteiger partial charge is 0.466 e. The van der Waals surface area contributed by atoms with Crippen molar-refractivity contribution in [2.45, 2.75) is 71.1 Å². The first-order chi connectivity index (χ1) is 12.5. The third-order valence-corrected chi connectivity index (χ3v) is 7.00. The molecule has 0 N–H and O–H groups in total. The van der Waals surface area contributed by atoms with Gasteiger partial charge in [-0.25, -0.2) is 0 Å². The lowest BCUT2D eigenvalue weighted by molar-refractivity contribution is -0.149. The van der Waals surface area contributed by atoms with Crippen molar-refractivity contribution in [3.63, 3.8) is 0 Å². The van der Waals surface area contributed by atoms with Gasteiger partial charge in [-0.05, 0) is 32.6 Å². The summed E-state index contributed by atoms with van der Waals surface area (Å²) < 4.78 is 26.2. The molecule has 0 spiro atoms. The average molecular weight is 390 g/mol. The molecule has 0 atom stereocenters. The second kappa shape index (κ2) is 12.6. The van der Waals surface area contributed by atoms with Gasteiger partial charge < -0.3 is 13.8 Å². The molecule has 6 nitrogen and oxygen atoms in total. The molecule has 0 unspecified atom stereocenters. The first-order valence-electron chi connectivity index (χ1n) is 9.85. The Morgan fingerprint density at radius 1 is 0.846 bits per heavy atom. The average Bonchev–Trinajstić information content (AvgIpc) is 2.70. The number of hydrogen-bond donors (Lipinski definition) is 0. The van der Waals surface area contributed by atoms with Crippen molar-refractivity contribution < 1.29 is 27.9 Å². The Kier molecular flexibility index (Phi) is 11.3. The number of rotatable bonds is 7. The van der Waals surface area contributed by atoms with Crippen molar-refractivity contribution in [2.24, 2.45) is 11.8 Å². The highest BCUT2D eigenvalue weighted by Gasteiger charge is 2.30. The van der Waals surface area contributed by atoms with E-state index in [0.29, 0.717) is 6.61 Å². The Labute approximate surface area is 157 Å². The zero-order valence-corrected chi connectivity index (χ0v) is 17.4. The van der Waals surface area contributed by atoms with Crippen molar-refractivity contribution in [2.75, 3.05) is 27.0 Å². The van der Waals surface area contributed by atoms with Crippen LogP contribution >= 0.6 is 7.60 Å². The van der Waals surface area contributed by atoms with Crippen LogP contribution in [-0.2, 0) is 27.9 Å². The number of ketones is 1. The molecule has 2 aliphatic rings. The van der Waals surface area contributed by atoms with Gasteiger partial charge in [0.15, 0.2) is 0 Å². The van der Waals surface area contributed by atoms with Gasteiger partial charge in [-0.15, -0.1) is 0 Å². The number of hydrogen-bond acceptors (Lipinski definition) is 6. The Balaban J connectivity index is 0.000000273. The van der Waals surface area contributed by atoms with Crippen LogP contribution in [0, 0.1) is 11.8 Å². The van der Waals surface area contributed by atoms with Crippen molar-refractivity contribution in [1.29, 1.82) is 0 Å². The Bertz CT molecular complexity index is 459. The molecule has 2 fully saturated rings. The van der Waals surface area contributed by atoms with Gasteiger partial charge in [0.25, 0.3) is 0 Å². The molecule has 26 heavy (non-hydrogen) atoms. The summed E-state index contributed by atoms with van der Waals surface area (Å²) in [6.07, 6.45) is 10.9. The summed E-state index contributed by atoms with van der Waals surface area (Å²) >= 11 is 0. The quantitative estimate of drug-likeness (QED) is 0.461. The predicted octanol–water partition coefficient (Wildman–Crippen LogP) is 4.75. The van der Waals surface area contributed by atoms with Gasteiger partial charge in [0.05, 0.1) is 12.5 Å². The van der Waals surface area contributed by atoms with Gasteiger partial charge in [0.2, 0.25) is 0 Å². The van der Waals surface area contributed by atoms with Crippen LogP contribution in [0.15, 0.2) is 0 Å². The molecule has 0 bridgehead atoms. The second-order valence-electron chi connectivity index (χ2n) is 7.02. The molecule has 0 aromatic rings. The normalized spacial score (nSPS) is 19.3. The zero-order chi connectivity index (χ0) is 19.4. The molecule has 0 heterocycles. The Morgan fingerprint density at radius 2 is 1.31 bits per heavy atom. The first kappa shape index (κ1) is 23.3. The maximum atomic E-state index is 11.8. The van der Waals surface area contributed by atoms with Crippen molar-refractivity contribution in [3.05, 3.63) is 0 Å². The van der Waals surface area contributed by atoms with E-state index in [2.05, 4.69) is 0 Å². The Hall–Kier alpha value is -0.710. The van der Waals surface area contributed by atoms with Crippen LogP contribution in [0.5, 0.6) is 0 Å². The molecule has 152 valence electrons. The third kappa shape index (κ3) is 8.32. The fourth-order valence-electron chi connectivity index (χ4n) is 3.55. The molecule has 2 rings (SSSR count). The van der Waals surface area contributed by atoms with E-state index in [4.69, 9.17) is 13.8 Å². The molecule has 0 amide bonds. The molecule has 2 saturated carbocycles. The fourth-order valence-corrected chi connectivity index (χ4v) is 4.59. The summed E-state index contributed by atoms with van der Waals surface area (Å²) in [7, 11) is -0.518. The van der Waals surface area contributed by atoms with Crippen LogP contribution in [-0.4, -0.2) is 38.7 Å². The monoisotopic (exact) mass is 390 g/mol. The minimum atomic E-state index is -3.15. The van der Waals surface area contributed by atoms with E-state index in [1.165, 1.54) is 39.9 Å². The van der Waals surface area contributed by atoms with E-state index in [1.807, 2.05) is 6.92 Å². The van der Waals surface area contributed by atoms with E-state index in [-0.39, 0.29) is 29.8 Å². The number of Topliss-reactive ketones (excluding diaryl/α,β-unsaturated/α-hetero) is 1. The number of ether oxygens (including phenoxy) is 1. The highest BCUT2D eigenvalue weighted by molar-refractivity contribution is 7.54. The van der Waals surface area contributed by atoms with Gasteiger partial charge >= 0.3 is 13.6 Å². The molecule has 0 saturated heterocycles. The summed E-state index contributed by atoms with van der Waals surface area (Å²) in [5, 5.41) is 0. The summed E-state index contributed by atoms with van der Waals surface area (Å²) in [5.74, 6) is 0.329. The SMILES string of the molecule is CCOC(=O)C1CCCCC1.COP(=O)(CC(=O)C1CCCCC1)OC. The smallest absolute Gasteiger partial charge is 0.337 e. The van der Waals surface area contributed by atoms with E-state index >= 15 is 0 Å². The van der Waals surface area contributed by atoms with Crippen LogP contribution < -0.4 is 0 Å². The summed E-state index contributed by atoms with van der Waals surface area (Å²) in [5.41, 5.74) is 0. The zero-order valence-electron chi connectivity index (χ0n) is 16.5.